The highest BCUT2D eigenvalue weighted by molar-refractivity contribution is 7.99. The monoisotopic (exact) mass is 307 g/mol. The lowest BCUT2D eigenvalue weighted by Gasteiger charge is -2.28. The maximum absolute atomic E-state index is 12.4. The third-order valence-electron chi connectivity index (χ3n) is 4.01. The second-order valence-corrected chi connectivity index (χ2v) is 6.85. The number of carbonyl (C=O) groups excluding carboxylic acids is 1. The maximum Gasteiger partial charge on any atom is 0.223 e. The zero-order valence-electron chi connectivity index (χ0n) is 12.8. The summed E-state index contributed by atoms with van der Waals surface area (Å²) in [6.07, 6.45) is 4.83. The van der Waals surface area contributed by atoms with Gasteiger partial charge in [0.2, 0.25) is 5.91 Å². The van der Waals surface area contributed by atoms with E-state index >= 15 is 0 Å². The Bertz CT molecular complexity index is 447. The molecule has 21 heavy (non-hydrogen) atoms. The van der Waals surface area contributed by atoms with E-state index in [0.29, 0.717) is 6.42 Å². The van der Waals surface area contributed by atoms with Crippen LogP contribution in [0.15, 0.2) is 29.2 Å². The van der Waals surface area contributed by atoms with E-state index in [1.54, 1.807) is 11.8 Å². The van der Waals surface area contributed by atoms with Crippen molar-refractivity contribution in [2.45, 2.75) is 50.0 Å². The molecular weight excluding hydrogens is 282 g/mol. The van der Waals surface area contributed by atoms with Gasteiger partial charge in [0, 0.05) is 23.6 Å². The van der Waals surface area contributed by atoms with Crippen molar-refractivity contribution in [2.75, 3.05) is 18.9 Å². The summed E-state index contributed by atoms with van der Waals surface area (Å²) in [5.74, 6) is 0.992. The summed E-state index contributed by atoms with van der Waals surface area (Å²) in [5, 5.41) is 9.47. The van der Waals surface area contributed by atoms with Crippen LogP contribution in [0.5, 0.6) is 0 Å². The molecule has 0 aromatic heterocycles. The van der Waals surface area contributed by atoms with Gasteiger partial charge in [-0.3, -0.25) is 4.79 Å². The minimum absolute atomic E-state index is 0.0318. The number of nitrogens with zero attached hydrogens (tertiary/aromatic N) is 1. The van der Waals surface area contributed by atoms with Crippen LogP contribution in [-0.4, -0.2) is 40.9 Å². The fraction of sp³-hybridized carbons (Fsp3) is 0.588. The van der Waals surface area contributed by atoms with Crippen LogP contribution >= 0.6 is 11.8 Å². The Balaban J connectivity index is 1.81. The molecule has 1 atom stereocenters. The molecule has 1 aliphatic heterocycles. The summed E-state index contributed by atoms with van der Waals surface area (Å²) in [5.41, 5.74) is 1.26. The first-order valence-corrected chi connectivity index (χ1v) is 8.79. The van der Waals surface area contributed by atoms with Gasteiger partial charge in [0.25, 0.3) is 0 Å². The van der Waals surface area contributed by atoms with Crippen LogP contribution in [0.4, 0.5) is 0 Å². The van der Waals surface area contributed by atoms with E-state index in [4.69, 9.17) is 0 Å². The van der Waals surface area contributed by atoms with Crippen molar-refractivity contribution in [1.82, 2.24) is 4.90 Å². The predicted molar refractivity (Wildman–Crippen MR) is 87.6 cm³/mol. The molecule has 1 saturated heterocycles. The quantitative estimate of drug-likeness (QED) is 0.849. The van der Waals surface area contributed by atoms with Gasteiger partial charge in [0.1, 0.15) is 0 Å². The minimum Gasteiger partial charge on any atom is -0.394 e. The highest BCUT2D eigenvalue weighted by atomic mass is 32.2. The van der Waals surface area contributed by atoms with E-state index in [2.05, 4.69) is 31.2 Å². The smallest absolute Gasteiger partial charge is 0.223 e. The topological polar surface area (TPSA) is 40.5 Å². The summed E-state index contributed by atoms with van der Waals surface area (Å²) in [6, 6.07) is 8.44. The fourth-order valence-corrected chi connectivity index (χ4v) is 3.57. The van der Waals surface area contributed by atoms with Crippen LogP contribution in [0, 0.1) is 6.92 Å². The molecule has 3 nitrogen and oxygen atoms in total. The van der Waals surface area contributed by atoms with Crippen molar-refractivity contribution in [2.24, 2.45) is 0 Å². The van der Waals surface area contributed by atoms with Crippen molar-refractivity contribution in [3.63, 3.8) is 0 Å². The number of amides is 1. The zero-order valence-corrected chi connectivity index (χ0v) is 13.6. The third-order valence-corrected chi connectivity index (χ3v) is 5.03. The van der Waals surface area contributed by atoms with E-state index < -0.39 is 0 Å². The number of carbonyl (C=O) groups is 1. The Labute approximate surface area is 131 Å². The summed E-state index contributed by atoms with van der Waals surface area (Å²) in [7, 11) is 0. The van der Waals surface area contributed by atoms with E-state index in [9.17, 15) is 9.90 Å². The highest BCUT2D eigenvalue weighted by Crippen LogP contribution is 2.21. The second kappa shape index (κ2) is 8.44. The Morgan fingerprint density at radius 3 is 2.76 bits per heavy atom. The molecule has 0 spiro atoms. The van der Waals surface area contributed by atoms with E-state index in [0.717, 1.165) is 31.6 Å². The fourth-order valence-electron chi connectivity index (χ4n) is 2.73. The van der Waals surface area contributed by atoms with E-state index in [1.807, 2.05) is 4.90 Å². The first kappa shape index (κ1) is 16.4. The van der Waals surface area contributed by atoms with Crippen LogP contribution < -0.4 is 0 Å². The number of hydrogen-bond donors (Lipinski definition) is 1. The van der Waals surface area contributed by atoms with Gasteiger partial charge in [-0.1, -0.05) is 30.5 Å². The third kappa shape index (κ3) is 5.04. The summed E-state index contributed by atoms with van der Waals surface area (Å²) in [6.45, 7) is 2.97. The molecular formula is C17H25NO2S. The SMILES string of the molecule is Cc1ccc(SCCC(=O)N2CCCCCC2CO)cc1. The first-order valence-electron chi connectivity index (χ1n) is 7.80. The highest BCUT2D eigenvalue weighted by Gasteiger charge is 2.24. The number of aliphatic hydroxyl groups is 1. The van der Waals surface area contributed by atoms with Gasteiger partial charge in [0.15, 0.2) is 0 Å². The van der Waals surface area contributed by atoms with Gasteiger partial charge in [0.05, 0.1) is 12.6 Å². The van der Waals surface area contributed by atoms with Gasteiger partial charge in [-0.15, -0.1) is 11.8 Å². The molecule has 1 aliphatic rings. The number of benzene rings is 1. The van der Waals surface area contributed by atoms with Gasteiger partial charge >= 0.3 is 0 Å². The first-order chi connectivity index (χ1) is 10.2. The average molecular weight is 307 g/mol. The van der Waals surface area contributed by atoms with Gasteiger partial charge in [-0.2, -0.15) is 0 Å². The predicted octanol–water partition coefficient (Wildman–Crippen LogP) is 3.24. The van der Waals surface area contributed by atoms with Crippen LogP contribution in [0.3, 0.4) is 0 Å². The van der Waals surface area contributed by atoms with Crippen LogP contribution in [0.2, 0.25) is 0 Å². The molecule has 116 valence electrons. The van der Waals surface area contributed by atoms with Gasteiger partial charge < -0.3 is 10.0 Å². The Morgan fingerprint density at radius 2 is 2.05 bits per heavy atom. The summed E-state index contributed by atoms with van der Waals surface area (Å²) < 4.78 is 0. The van der Waals surface area contributed by atoms with Crippen LogP contribution in [0.1, 0.15) is 37.7 Å². The van der Waals surface area contributed by atoms with E-state index in [-0.39, 0.29) is 18.6 Å². The molecule has 2 rings (SSSR count). The Hall–Kier alpha value is -1.00. The average Bonchev–Trinajstić information content (AvgIpc) is 2.74. The summed E-state index contributed by atoms with van der Waals surface area (Å²) >= 11 is 1.73. The summed E-state index contributed by atoms with van der Waals surface area (Å²) in [4.78, 5) is 15.5. The number of aliphatic hydroxyl groups excluding tert-OH is 1. The second-order valence-electron chi connectivity index (χ2n) is 5.68. The number of thioether (sulfide) groups is 1. The molecule has 0 saturated carbocycles. The van der Waals surface area contributed by atoms with E-state index in [1.165, 1.54) is 16.9 Å². The molecule has 1 heterocycles. The standard InChI is InChI=1S/C17H25NO2S/c1-14-6-8-16(9-7-14)21-12-10-17(20)18-11-4-2-3-5-15(18)13-19/h6-9,15,19H,2-5,10-13H2,1H3. The van der Waals surface area contributed by atoms with Crippen LogP contribution in [0.25, 0.3) is 0 Å². The van der Waals surface area contributed by atoms with Crippen molar-refractivity contribution in [3.05, 3.63) is 29.8 Å². The van der Waals surface area contributed by atoms with Gasteiger partial charge in [-0.05, 0) is 31.9 Å². The molecule has 1 unspecified atom stereocenters. The maximum atomic E-state index is 12.4. The molecule has 0 bridgehead atoms. The molecule has 1 N–H and O–H groups in total. The lowest BCUT2D eigenvalue weighted by atomic mass is 10.1. The van der Waals surface area contributed by atoms with Crippen molar-refractivity contribution in [3.8, 4) is 0 Å². The van der Waals surface area contributed by atoms with Crippen molar-refractivity contribution in [1.29, 1.82) is 0 Å². The number of rotatable bonds is 5. The zero-order chi connectivity index (χ0) is 15.1. The Kier molecular flexibility index (Phi) is 6.58. The molecule has 1 fully saturated rings. The lowest BCUT2D eigenvalue weighted by Crippen LogP contribution is -2.42. The number of likely N-dealkylation sites (tertiary alicyclic amines) is 1. The molecule has 0 aliphatic carbocycles. The number of hydrogen-bond acceptors (Lipinski definition) is 3. The molecule has 1 amide bonds. The van der Waals surface area contributed by atoms with Gasteiger partial charge in [-0.25, -0.2) is 0 Å². The molecule has 0 radical (unpaired) electrons. The van der Waals surface area contributed by atoms with Crippen molar-refractivity contribution < 1.29 is 9.90 Å². The largest absolute Gasteiger partial charge is 0.394 e. The molecule has 1 aromatic carbocycles. The lowest BCUT2D eigenvalue weighted by molar-refractivity contribution is -0.133. The minimum atomic E-state index is 0.0318. The molecule has 4 heteroatoms. The normalized spacial score (nSPS) is 19.3. The number of aryl methyl sites for hydroxylation is 1. The van der Waals surface area contributed by atoms with Crippen LogP contribution in [-0.2, 0) is 4.79 Å². The van der Waals surface area contributed by atoms with Crippen molar-refractivity contribution >= 4 is 17.7 Å². The molecule has 1 aromatic rings. The Morgan fingerprint density at radius 1 is 1.29 bits per heavy atom.